The number of anilines is 3. The minimum Gasteiger partial charge on any atom is -0.343 e. The van der Waals surface area contributed by atoms with Gasteiger partial charge in [-0.15, -0.1) is 0 Å². The van der Waals surface area contributed by atoms with Crippen LogP contribution in [-0.4, -0.2) is 26.5 Å². The van der Waals surface area contributed by atoms with Crippen molar-refractivity contribution in [3.05, 3.63) is 77.3 Å². The van der Waals surface area contributed by atoms with Gasteiger partial charge in [0, 0.05) is 24.6 Å². The molecule has 0 unspecified atom stereocenters. The van der Waals surface area contributed by atoms with Gasteiger partial charge in [-0.1, -0.05) is 13.0 Å². The molecule has 0 bridgehead atoms. The van der Waals surface area contributed by atoms with Crippen LogP contribution in [0, 0.1) is 6.92 Å². The fourth-order valence-corrected chi connectivity index (χ4v) is 4.96. The zero-order valence-corrected chi connectivity index (χ0v) is 20.4. The van der Waals surface area contributed by atoms with E-state index in [1.54, 1.807) is 11.8 Å². The van der Waals surface area contributed by atoms with Crippen LogP contribution in [0.3, 0.4) is 0 Å². The van der Waals surface area contributed by atoms with Crippen LogP contribution < -0.4 is 10.2 Å². The SMILES string of the molecule is C=C(Nc1ncc(C(F)(F)F)cc1C)C1(c2ccc3c(n2)CCCN3c2ccnc(C(F)(F)F)n2)CCC1. The summed E-state index contributed by atoms with van der Waals surface area (Å²) in [6, 6.07) is 6.15. The van der Waals surface area contributed by atoms with Crippen LogP contribution in [-0.2, 0) is 24.2 Å². The maximum absolute atomic E-state index is 13.2. The summed E-state index contributed by atoms with van der Waals surface area (Å²) >= 11 is 0. The number of hydrogen-bond acceptors (Lipinski definition) is 6. The van der Waals surface area contributed by atoms with Crippen LogP contribution in [0.25, 0.3) is 0 Å². The van der Waals surface area contributed by atoms with Crippen LogP contribution in [0.1, 0.15) is 54.0 Å². The molecule has 0 atom stereocenters. The lowest BCUT2D eigenvalue weighted by molar-refractivity contribution is -0.145. The van der Waals surface area contributed by atoms with E-state index in [1.165, 1.54) is 6.07 Å². The molecule has 1 aliphatic carbocycles. The molecule has 6 nitrogen and oxygen atoms in total. The van der Waals surface area contributed by atoms with Crippen LogP contribution in [0.15, 0.2) is 48.9 Å². The van der Waals surface area contributed by atoms with Gasteiger partial charge in [0.15, 0.2) is 0 Å². The average molecular weight is 535 g/mol. The lowest BCUT2D eigenvalue weighted by atomic mass is 9.64. The highest BCUT2D eigenvalue weighted by atomic mass is 19.4. The minimum atomic E-state index is -4.65. The normalized spacial score (nSPS) is 17.0. The summed E-state index contributed by atoms with van der Waals surface area (Å²) in [5.41, 5.74) is 1.75. The van der Waals surface area contributed by atoms with Crippen LogP contribution >= 0.6 is 0 Å². The van der Waals surface area contributed by atoms with Gasteiger partial charge < -0.3 is 10.2 Å². The van der Waals surface area contributed by atoms with Crippen LogP contribution in [0.4, 0.5) is 43.7 Å². The van der Waals surface area contributed by atoms with E-state index >= 15 is 0 Å². The van der Waals surface area contributed by atoms with Crippen molar-refractivity contribution in [3.8, 4) is 0 Å². The predicted octanol–water partition coefficient (Wildman–Crippen LogP) is 6.74. The molecule has 1 fully saturated rings. The van der Waals surface area contributed by atoms with Gasteiger partial charge >= 0.3 is 12.4 Å². The third-order valence-electron chi connectivity index (χ3n) is 7.16. The molecule has 0 aromatic carbocycles. The smallest absolute Gasteiger partial charge is 0.343 e. The van der Waals surface area contributed by atoms with Crippen molar-refractivity contribution in [1.29, 1.82) is 0 Å². The molecule has 3 aromatic rings. The molecular formula is C26H24F6N6. The van der Waals surface area contributed by atoms with Crippen molar-refractivity contribution in [2.24, 2.45) is 0 Å². The van der Waals surface area contributed by atoms with Gasteiger partial charge in [-0.25, -0.2) is 15.0 Å². The summed E-state index contributed by atoms with van der Waals surface area (Å²) < 4.78 is 78.6. The maximum Gasteiger partial charge on any atom is 0.451 e. The number of rotatable bonds is 5. The Morgan fingerprint density at radius 1 is 1.00 bits per heavy atom. The summed E-state index contributed by atoms with van der Waals surface area (Å²) in [6.45, 7) is 6.23. The Hall–Kier alpha value is -3.70. The highest BCUT2D eigenvalue weighted by Gasteiger charge is 2.44. The van der Waals surface area contributed by atoms with E-state index < -0.39 is 29.2 Å². The molecule has 0 saturated heterocycles. The number of nitrogens with one attached hydrogen (secondary N) is 1. The third kappa shape index (κ3) is 4.67. The highest BCUT2D eigenvalue weighted by Crippen LogP contribution is 2.49. The number of aromatic nitrogens is 4. The van der Waals surface area contributed by atoms with E-state index in [-0.39, 0.29) is 5.82 Å². The largest absolute Gasteiger partial charge is 0.451 e. The Labute approximate surface area is 214 Å². The highest BCUT2D eigenvalue weighted by molar-refractivity contribution is 5.64. The van der Waals surface area contributed by atoms with Crippen LogP contribution in [0.5, 0.6) is 0 Å². The number of alkyl halides is 6. The third-order valence-corrected chi connectivity index (χ3v) is 7.16. The van der Waals surface area contributed by atoms with Gasteiger partial charge in [0.05, 0.1) is 28.1 Å². The van der Waals surface area contributed by atoms with Crippen LogP contribution in [0.2, 0.25) is 0 Å². The first kappa shape index (κ1) is 25.9. The van der Waals surface area contributed by atoms with Crippen molar-refractivity contribution >= 4 is 17.3 Å². The molecule has 38 heavy (non-hydrogen) atoms. The Morgan fingerprint density at radius 3 is 2.39 bits per heavy atom. The first-order valence-corrected chi connectivity index (χ1v) is 12.1. The van der Waals surface area contributed by atoms with Gasteiger partial charge in [0.1, 0.15) is 11.6 Å². The summed E-state index contributed by atoms with van der Waals surface area (Å²) in [7, 11) is 0. The van der Waals surface area contributed by atoms with E-state index in [1.807, 2.05) is 12.1 Å². The number of allylic oxidation sites excluding steroid dienone is 1. The van der Waals surface area contributed by atoms with E-state index in [9.17, 15) is 26.3 Å². The molecule has 3 aromatic heterocycles. The van der Waals surface area contributed by atoms with Crippen molar-refractivity contribution < 1.29 is 26.3 Å². The molecule has 200 valence electrons. The summed E-state index contributed by atoms with van der Waals surface area (Å²) in [4.78, 5) is 17.7. The molecule has 0 amide bonds. The molecular weight excluding hydrogens is 510 g/mol. The topological polar surface area (TPSA) is 66.8 Å². The lowest BCUT2D eigenvalue weighted by Gasteiger charge is -2.44. The van der Waals surface area contributed by atoms with Gasteiger partial charge in [-0.2, -0.15) is 26.3 Å². The number of pyridine rings is 2. The van der Waals surface area contributed by atoms with Gasteiger partial charge in [0.2, 0.25) is 5.82 Å². The Morgan fingerprint density at radius 2 is 1.76 bits per heavy atom. The number of fused-ring (bicyclic) bond motifs is 1. The zero-order chi connectivity index (χ0) is 27.3. The van der Waals surface area contributed by atoms with E-state index in [4.69, 9.17) is 4.98 Å². The molecule has 1 aliphatic heterocycles. The number of nitrogens with zero attached hydrogens (tertiary/aromatic N) is 5. The molecule has 0 spiro atoms. The van der Waals surface area contributed by atoms with Crippen molar-refractivity contribution in [1.82, 2.24) is 19.9 Å². The second-order valence-electron chi connectivity index (χ2n) is 9.58. The van der Waals surface area contributed by atoms with Crippen molar-refractivity contribution in [2.45, 2.75) is 56.8 Å². The summed E-state index contributed by atoms with van der Waals surface area (Å²) in [6.07, 6.45) is -3.51. The van der Waals surface area contributed by atoms with Crippen molar-refractivity contribution in [3.63, 3.8) is 0 Å². The molecule has 0 radical (unpaired) electrons. The molecule has 2 aliphatic rings. The first-order valence-electron chi connectivity index (χ1n) is 12.1. The molecule has 1 N–H and O–H groups in total. The first-order chi connectivity index (χ1) is 17.9. The maximum atomic E-state index is 13.2. The predicted molar refractivity (Wildman–Crippen MR) is 129 cm³/mol. The van der Waals surface area contributed by atoms with E-state index in [0.29, 0.717) is 42.2 Å². The molecule has 1 saturated carbocycles. The monoisotopic (exact) mass is 534 g/mol. The van der Waals surface area contributed by atoms with Gasteiger partial charge in [0.25, 0.3) is 0 Å². The number of aryl methyl sites for hydroxylation is 2. The molecule has 4 heterocycles. The standard InChI is InChI=1S/C26H24F6N6/c1-15-13-17(25(27,28)29)14-34-22(15)35-16(2)24(9-4-10-24)20-7-6-19-18(36-20)5-3-12-38(19)21-8-11-33-23(37-21)26(30,31)32/h6-8,11,13-14H,2-5,9-10,12H2,1H3,(H,34,35). The number of halogens is 6. The Bertz CT molecular complexity index is 1380. The fraction of sp³-hybridized carbons (Fsp3) is 0.385. The zero-order valence-electron chi connectivity index (χ0n) is 20.4. The Kier molecular flexibility index (Phi) is 6.31. The molecule has 12 heteroatoms. The summed E-state index contributed by atoms with van der Waals surface area (Å²) in [5.74, 6) is -0.756. The van der Waals surface area contributed by atoms with E-state index in [0.717, 1.165) is 49.1 Å². The average Bonchev–Trinajstić information content (AvgIpc) is 2.83. The second-order valence-corrected chi connectivity index (χ2v) is 9.58. The number of hydrogen-bond donors (Lipinski definition) is 1. The Balaban J connectivity index is 1.42. The van der Waals surface area contributed by atoms with Crippen molar-refractivity contribution in [2.75, 3.05) is 16.8 Å². The summed E-state index contributed by atoms with van der Waals surface area (Å²) in [5, 5.41) is 3.12. The fourth-order valence-electron chi connectivity index (χ4n) is 4.96. The lowest BCUT2D eigenvalue weighted by Crippen LogP contribution is -2.40. The van der Waals surface area contributed by atoms with Gasteiger partial charge in [-0.3, -0.25) is 4.98 Å². The van der Waals surface area contributed by atoms with Gasteiger partial charge in [-0.05, 0) is 62.4 Å². The minimum absolute atomic E-state index is 0.149. The quantitative estimate of drug-likeness (QED) is 0.366. The molecule has 5 rings (SSSR count). The second kappa shape index (κ2) is 9.25. The van der Waals surface area contributed by atoms with E-state index in [2.05, 4.69) is 26.8 Å².